The van der Waals surface area contributed by atoms with Gasteiger partial charge in [0.05, 0.1) is 5.60 Å². The van der Waals surface area contributed by atoms with E-state index in [0.717, 1.165) is 19.1 Å². The number of nitrogens with one attached hydrogen (secondary N) is 1. The Balaban J connectivity index is 1.64. The first kappa shape index (κ1) is 14.3. The Morgan fingerprint density at radius 1 is 1.33 bits per heavy atom. The maximum Gasteiger partial charge on any atom is 0.0779 e. The van der Waals surface area contributed by atoms with Crippen LogP contribution in [0.5, 0.6) is 0 Å². The molecule has 0 radical (unpaired) electrons. The van der Waals surface area contributed by atoms with Crippen LogP contribution in [0.15, 0.2) is 0 Å². The van der Waals surface area contributed by atoms with Gasteiger partial charge < -0.3 is 15.0 Å². The number of ether oxygens (including phenoxy) is 1. The molecule has 2 fully saturated rings. The van der Waals surface area contributed by atoms with E-state index in [0.29, 0.717) is 6.04 Å². The standard InChI is InChI=1S/C15H30N2O/c1-13(2)11-17-8-5-14(6-9-17)16-12-15(3)7-4-10-18-15/h13-14,16H,4-12H2,1-3H3. The van der Waals surface area contributed by atoms with Crippen LogP contribution in [0.4, 0.5) is 0 Å². The zero-order valence-corrected chi connectivity index (χ0v) is 12.4. The largest absolute Gasteiger partial charge is 0.374 e. The molecule has 18 heavy (non-hydrogen) atoms. The van der Waals surface area contributed by atoms with Crippen molar-refractivity contribution < 1.29 is 4.74 Å². The van der Waals surface area contributed by atoms with Crippen molar-refractivity contribution in [2.24, 2.45) is 5.92 Å². The molecule has 0 aromatic heterocycles. The van der Waals surface area contributed by atoms with Crippen molar-refractivity contribution in [3.63, 3.8) is 0 Å². The van der Waals surface area contributed by atoms with Gasteiger partial charge >= 0.3 is 0 Å². The molecule has 0 aliphatic carbocycles. The summed E-state index contributed by atoms with van der Waals surface area (Å²) in [6.07, 6.45) is 5.03. The Bertz CT molecular complexity index is 241. The van der Waals surface area contributed by atoms with Crippen molar-refractivity contribution in [1.29, 1.82) is 0 Å². The number of hydrogen-bond acceptors (Lipinski definition) is 3. The molecule has 0 saturated carbocycles. The lowest BCUT2D eigenvalue weighted by molar-refractivity contribution is 0.0166. The first-order valence-electron chi connectivity index (χ1n) is 7.67. The lowest BCUT2D eigenvalue weighted by atomic mass is 9.99. The van der Waals surface area contributed by atoms with Gasteiger partial charge in [-0.05, 0) is 51.6 Å². The molecular weight excluding hydrogens is 224 g/mol. The van der Waals surface area contributed by atoms with Crippen LogP contribution in [0.3, 0.4) is 0 Å². The number of rotatable bonds is 5. The molecule has 0 bridgehead atoms. The first-order valence-corrected chi connectivity index (χ1v) is 7.67. The molecule has 2 heterocycles. The summed E-state index contributed by atoms with van der Waals surface area (Å²) < 4.78 is 5.83. The van der Waals surface area contributed by atoms with Gasteiger partial charge in [0.2, 0.25) is 0 Å². The minimum Gasteiger partial charge on any atom is -0.374 e. The Kier molecular flexibility index (Phi) is 5.05. The lowest BCUT2D eigenvalue weighted by Crippen LogP contribution is -2.47. The predicted molar refractivity (Wildman–Crippen MR) is 75.9 cm³/mol. The Hall–Kier alpha value is -0.120. The molecule has 0 spiro atoms. The maximum absolute atomic E-state index is 5.83. The number of hydrogen-bond donors (Lipinski definition) is 1. The molecule has 1 atom stereocenters. The quantitative estimate of drug-likeness (QED) is 0.814. The van der Waals surface area contributed by atoms with Gasteiger partial charge in [0.25, 0.3) is 0 Å². The fourth-order valence-electron chi connectivity index (χ4n) is 3.17. The molecule has 106 valence electrons. The molecule has 2 rings (SSSR count). The van der Waals surface area contributed by atoms with Gasteiger partial charge in [0, 0.05) is 25.7 Å². The van der Waals surface area contributed by atoms with Gasteiger partial charge in [0.15, 0.2) is 0 Å². The molecule has 0 aromatic rings. The summed E-state index contributed by atoms with van der Waals surface area (Å²) in [5.41, 5.74) is 0.106. The van der Waals surface area contributed by atoms with Crippen LogP contribution >= 0.6 is 0 Å². The van der Waals surface area contributed by atoms with E-state index >= 15 is 0 Å². The third-order valence-corrected chi connectivity index (χ3v) is 4.28. The van der Waals surface area contributed by atoms with E-state index < -0.39 is 0 Å². The molecule has 0 aromatic carbocycles. The second kappa shape index (κ2) is 6.36. The van der Waals surface area contributed by atoms with Crippen molar-refractivity contribution in [2.75, 3.05) is 32.8 Å². The van der Waals surface area contributed by atoms with Crippen LogP contribution in [0, 0.1) is 5.92 Å². The van der Waals surface area contributed by atoms with E-state index in [4.69, 9.17) is 4.74 Å². The molecule has 1 N–H and O–H groups in total. The second-order valence-corrected chi connectivity index (χ2v) is 6.75. The van der Waals surface area contributed by atoms with Crippen LogP contribution in [0.1, 0.15) is 46.5 Å². The summed E-state index contributed by atoms with van der Waals surface area (Å²) >= 11 is 0. The summed E-state index contributed by atoms with van der Waals surface area (Å²) in [4.78, 5) is 2.61. The summed E-state index contributed by atoms with van der Waals surface area (Å²) in [5.74, 6) is 0.792. The smallest absolute Gasteiger partial charge is 0.0779 e. The number of likely N-dealkylation sites (tertiary alicyclic amines) is 1. The SMILES string of the molecule is CC(C)CN1CCC(NCC2(C)CCCO2)CC1. The summed E-state index contributed by atoms with van der Waals surface area (Å²) in [6, 6.07) is 0.703. The lowest BCUT2D eigenvalue weighted by Gasteiger charge is -2.35. The second-order valence-electron chi connectivity index (χ2n) is 6.75. The highest BCUT2D eigenvalue weighted by molar-refractivity contribution is 4.86. The third-order valence-electron chi connectivity index (χ3n) is 4.28. The molecule has 2 aliphatic heterocycles. The summed E-state index contributed by atoms with van der Waals surface area (Å²) in [5, 5.41) is 3.73. The Morgan fingerprint density at radius 3 is 2.61 bits per heavy atom. The van der Waals surface area contributed by atoms with Gasteiger partial charge in [-0.1, -0.05) is 13.8 Å². The molecular formula is C15H30N2O. The molecule has 0 amide bonds. The van der Waals surface area contributed by atoms with Crippen LogP contribution in [0.25, 0.3) is 0 Å². The van der Waals surface area contributed by atoms with E-state index in [9.17, 15) is 0 Å². The highest BCUT2D eigenvalue weighted by atomic mass is 16.5. The highest BCUT2D eigenvalue weighted by Crippen LogP contribution is 2.24. The molecule has 3 heteroatoms. The molecule has 1 unspecified atom stereocenters. The van der Waals surface area contributed by atoms with Crippen LogP contribution in [-0.2, 0) is 4.74 Å². The summed E-state index contributed by atoms with van der Waals surface area (Å²) in [7, 11) is 0. The van der Waals surface area contributed by atoms with Crippen LogP contribution < -0.4 is 5.32 Å². The topological polar surface area (TPSA) is 24.5 Å². The van der Waals surface area contributed by atoms with Crippen molar-refractivity contribution in [1.82, 2.24) is 10.2 Å². The minimum atomic E-state index is 0.106. The van der Waals surface area contributed by atoms with E-state index in [1.165, 1.54) is 45.3 Å². The average Bonchev–Trinajstić information content (AvgIpc) is 2.75. The van der Waals surface area contributed by atoms with Gasteiger partial charge in [-0.15, -0.1) is 0 Å². The van der Waals surface area contributed by atoms with Gasteiger partial charge in [-0.25, -0.2) is 0 Å². The number of piperidine rings is 1. The van der Waals surface area contributed by atoms with E-state index in [1.807, 2.05) is 0 Å². The fraction of sp³-hybridized carbons (Fsp3) is 1.00. The maximum atomic E-state index is 5.83. The van der Waals surface area contributed by atoms with Gasteiger partial charge in [-0.2, -0.15) is 0 Å². The van der Waals surface area contributed by atoms with Crippen molar-refractivity contribution in [2.45, 2.75) is 58.1 Å². The van der Waals surface area contributed by atoms with Gasteiger partial charge in [-0.3, -0.25) is 0 Å². The molecule has 2 saturated heterocycles. The molecule has 3 nitrogen and oxygen atoms in total. The fourth-order valence-corrected chi connectivity index (χ4v) is 3.17. The van der Waals surface area contributed by atoms with E-state index in [2.05, 4.69) is 31.0 Å². The zero-order valence-electron chi connectivity index (χ0n) is 12.4. The normalized spacial score (nSPS) is 31.3. The minimum absolute atomic E-state index is 0.106. The Morgan fingerprint density at radius 2 is 2.06 bits per heavy atom. The van der Waals surface area contributed by atoms with Crippen LogP contribution in [0.2, 0.25) is 0 Å². The van der Waals surface area contributed by atoms with E-state index in [1.54, 1.807) is 0 Å². The van der Waals surface area contributed by atoms with Gasteiger partial charge in [0.1, 0.15) is 0 Å². The predicted octanol–water partition coefficient (Wildman–Crippen LogP) is 2.27. The van der Waals surface area contributed by atoms with E-state index in [-0.39, 0.29) is 5.60 Å². The Labute approximate surface area is 112 Å². The molecule has 2 aliphatic rings. The highest BCUT2D eigenvalue weighted by Gasteiger charge is 2.30. The number of nitrogens with zero attached hydrogens (tertiary/aromatic N) is 1. The third kappa shape index (κ3) is 4.22. The average molecular weight is 254 g/mol. The van der Waals surface area contributed by atoms with Crippen molar-refractivity contribution in [3.8, 4) is 0 Å². The zero-order chi connectivity index (χ0) is 13.0. The van der Waals surface area contributed by atoms with Crippen LogP contribution in [-0.4, -0.2) is 49.3 Å². The van der Waals surface area contributed by atoms with Crippen molar-refractivity contribution in [3.05, 3.63) is 0 Å². The monoisotopic (exact) mass is 254 g/mol. The van der Waals surface area contributed by atoms with Crippen molar-refractivity contribution >= 4 is 0 Å². The first-order chi connectivity index (χ1) is 8.57. The summed E-state index contributed by atoms with van der Waals surface area (Å²) in [6.45, 7) is 12.6.